The van der Waals surface area contributed by atoms with Gasteiger partial charge in [-0.15, -0.1) is 0 Å². The van der Waals surface area contributed by atoms with Crippen LogP contribution in [0.15, 0.2) is 30.8 Å². The van der Waals surface area contributed by atoms with Crippen molar-refractivity contribution in [1.82, 2.24) is 4.98 Å². The van der Waals surface area contributed by atoms with Crippen LogP contribution in [0.3, 0.4) is 0 Å². The van der Waals surface area contributed by atoms with Crippen molar-refractivity contribution in [3.05, 3.63) is 42.1 Å². The molecule has 0 amide bonds. The molecule has 2 aromatic rings. The van der Waals surface area contributed by atoms with Gasteiger partial charge < -0.3 is 10.4 Å². The Morgan fingerprint density at radius 2 is 2.08 bits per heavy atom. The molecule has 2 rings (SSSR count). The number of aromatic nitrogens is 1. The summed E-state index contributed by atoms with van der Waals surface area (Å²) in [5.74, 6) is 0. The van der Waals surface area contributed by atoms with Crippen LogP contribution in [0.4, 0.5) is 0 Å². The molecular formula is C11H10N2. The molecule has 0 aliphatic heterocycles. The molecule has 0 atom stereocenters. The second kappa shape index (κ2) is 2.90. The Morgan fingerprint density at radius 3 is 2.77 bits per heavy atom. The second-order valence-electron chi connectivity index (χ2n) is 2.85. The third kappa shape index (κ3) is 1.07. The zero-order chi connectivity index (χ0) is 9.26. The van der Waals surface area contributed by atoms with E-state index in [4.69, 9.17) is 5.41 Å². The summed E-state index contributed by atoms with van der Waals surface area (Å²) in [6.07, 6.45) is 3.09. The predicted molar refractivity (Wildman–Crippen MR) is 56.3 cm³/mol. The number of benzene rings is 1. The largest absolute Gasteiger partial charge is 0.353 e. The molecule has 2 N–H and O–H groups in total. The van der Waals surface area contributed by atoms with Crippen LogP contribution in [0, 0.1) is 5.41 Å². The summed E-state index contributed by atoms with van der Waals surface area (Å²) in [6.45, 7) is 3.74. The Balaban J connectivity index is 2.88. The van der Waals surface area contributed by atoms with Crippen molar-refractivity contribution in [3.8, 4) is 0 Å². The van der Waals surface area contributed by atoms with Crippen LogP contribution < -0.4 is 0 Å². The van der Waals surface area contributed by atoms with E-state index in [-0.39, 0.29) is 0 Å². The molecule has 1 aromatic heterocycles. The highest BCUT2D eigenvalue weighted by molar-refractivity contribution is 5.97. The van der Waals surface area contributed by atoms with Crippen LogP contribution in [0.2, 0.25) is 0 Å². The summed E-state index contributed by atoms with van der Waals surface area (Å²) in [7, 11) is 0. The average molecular weight is 170 g/mol. The molecule has 13 heavy (non-hydrogen) atoms. The minimum Gasteiger partial charge on any atom is -0.353 e. The molecule has 0 saturated heterocycles. The lowest BCUT2D eigenvalue weighted by atomic mass is 10.1. The third-order valence-corrected chi connectivity index (χ3v) is 2.13. The smallest absolute Gasteiger partial charge is 0.0643 e. The third-order valence-electron chi connectivity index (χ3n) is 2.13. The van der Waals surface area contributed by atoms with Crippen LogP contribution in [0.25, 0.3) is 17.0 Å². The van der Waals surface area contributed by atoms with Crippen molar-refractivity contribution >= 4 is 23.2 Å². The summed E-state index contributed by atoms with van der Waals surface area (Å²) in [5.41, 5.74) is 2.87. The van der Waals surface area contributed by atoms with Gasteiger partial charge in [0.25, 0.3) is 0 Å². The molecule has 0 saturated carbocycles. The molecule has 2 nitrogen and oxygen atoms in total. The number of para-hydroxylation sites is 1. The van der Waals surface area contributed by atoms with E-state index in [2.05, 4.69) is 11.6 Å². The van der Waals surface area contributed by atoms with Crippen molar-refractivity contribution in [2.75, 3.05) is 0 Å². The summed E-state index contributed by atoms with van der Waals surface area (Å²) in [6, 6.07) is 7.97. The fourth-order valence-corrected chi connectivity index (χ4v) is 1.52. The summed E-state index contributed by atoms with van der Waals surface area (Å²) < 4.78 is 0. The lowest BCUT2D eigenvalue weighted by Gasteiger charge is -1.89. The topological polar surface area (TPSA) is 39.6 Å². The van der Waals surface area contributed by atoms with Crippen LogP contribution in [0.1, 0.15) is 11.3 Å². The zero-order valence-corrected chi connectivity index (χ0v) is 7.17. The molecule has 0 unspecified atom stereocenters. The second-order valence-corrected chi connectivity index (χ2v) is 2.85. The van der Waals surface area contributed by atoms with Crippen LogP contribution in [0.5, 0.6) is 0 Å². The quantitative estimate of drug-likeness (QED) is 0.650. The van der Waals surface area contributed by atoms with Gasteiger partial charge in [-0.1, -0.05) is 30.9 Å². The number of hydrogen-bond acceptors (Lipinski definition) is 1. The number of nitrogens with one attached hydrogen (secondary N) is 2. The monoisotopic (exact) mass is 170 g/mol. The van der Waals surface area contributed by atoms with Crippen molar-refractivity contribution in [2.45, 2.75) is 0 Å². The molecular weight excluding hydrogens is 160 g/mol. The van der Waals surface area contributed by atoms with Crippen molar-refractivity contribution in [1.29, 1.82) is 5.41 Å². The first-order valence-electron chi connectivity index (χ1n) is 4.10. The number of hydrogen-bond donors (Lipinski definition) is 2. The van der Waals surface area contributed by atoms with Gasteiger partial charge in [0.1, 0.15) is 0 Å². The summed E-state index contributed by atoms with van der Waals surface area (Å²) in [4.78, 5) is 3.15. The standard InChI is InChI=1S/C11H10N2/c1-2-8-9-5-3-4-6-10(9)13-11(8)7-12/h2-7,12-13H,1H2. The van der Waals surface area contributed by atoms with Gasteiger partial charge in [-0.25, -0.2) is 0 Å². The van der Waals surface area contributed by atoms with Gasteiger partial charge in [0.05, 0.1) is 5.69 Å². The number of rotatable bonds is 2. The van der Waals surface area contributed by atoms with Crippen LogP contribution >= 0.6 is 0 Å². The highest BCUT2D eigenvalue weighted by Crippen LogP contribution is 2.21. The Hall–Kier alpha value is -1.83. The van der Waals surface area contributed by atoms with Gasteiger partial charge in [-0.2, -0.15) is 0 Å². The Kier molecular flexibility index (Phi) is 1.74. The van der Waals surface area contributed by atoms with Crippen molar-refractivity contribution < 1.29 is 0 Å². The maximum atomic E-state index is 7.22. The highest BCUT2D eigenvalue weighted by atomic mass is 14.7. The van der Waals surface area contributed by atoms with Gasteiger partial charge in [0, 0.05) is 22.7 Å². The highest BCUT2D eigenvalue weighted by Gasteiger charge is 2.04. The van der Waals surface area contributed by atoms with Crippen molar-refractivity contribution in [3.63, 3.8) is 0 Å². The molecule has 0 radical (unpaired) electrons. The molecule has 1 aromatic carbocycles. The van der Waals surface area contributed by atoms with E-state index in [1.807, 2.05) is 24.3 Å². The molecule has 2 heteroatoms. The van der Waals surface area contributed by atoms with E-state index in [9.17, 15) is 0 Å². The van der Waals surface area contributed by atoms with Crippen LogP contribution in [-0.2, 0) is 0 Å². The van der Waals surface area contributed by atoms with E-state index < -0.39 is 0 Å². The van der Waals surface area contributed by atoms with Gasteiger partial charge in [0.15, 0.2) is 0 Å². The Bertz CT molecular complexity index is 466. The number of fused-ring (bicyclic) bond motifs is 1. The molecule has 0 aliphatic rings. The maximum Gasteiger partial charge on any atom is 0.0643 e. The van der Waals surface area contributed by atoms with Crippen molar-refractivity contribution in [2.24, 2.45) is 0 Å². The van der Waals surface area contributed by atoms with Crippen LogP contribution in [-0.4, -0.2) is 11.2 Å². The molecule has 0 aliphatic carbocycles. The summed E-state index contributed by atoms with van der Waals surface area (Å²) in [5, 5.41) is 8.34. The number of H-pyrrole nitrogens is 1. The van der Waals surface area contributed by atoms with E-state index >= 15 is 0 Å². The first-order valence-corrected chi connectivity index (χ1v) is 4.10. The first kappa shape index (κ1) is 7.80. The van der Waals surface area contributed by atoms with Gasteiger partial charge in [-0.3, -0.25) is 0 Å². The predicted octanol–water partition coefficient (Wildman–Crippen LogP) is 2.81. The minimum absolute atomic E-state index is 0.816. The van der Waals surface area contributed by atoms with Gasteiger partial charge >= 0.3 is 0 Å². The van der Waals surface area contributed by atoms with E-state index in [0.717, 1.165) is 22.2 Å². The lowest BCUT2D eigenvalue weighted by Crippen LogP contribution is -1.80. The van der Waals surface area contributed by atoms with E-state index in [1.165, 1.54) is 6.21 Å². The fourth-order valence-electron chi connectivity index (χ4n) is 1.52. The number of aromatic amines is 1. The fraction of sp³-hybridized carbons (Fsp3) is 0. The molecule has 0 spiro atoms. The Labute approximate surface area is 76.4 Å². The normalized spacial score (nSPS) is 10.2. The lowest BCUT2D eigenvalue weighted by molar-refractivity contribution is 1.41. The maximum absolute atomic E-state index is 7.22. The van der Waals surface area contributed by atoms with Gasteiger partial charge in [0.2, 0.25) is 0 Å². The van der Waals surface area contributed by atoms with E-state index in [1.54, 1.807) is 6.08 Å². The SMILES string of the molecule is C=Cc1c(C=N)[nH]c2ccccc12. The zero-order valence-electron chi connectivity index (χ0n) is 7.17. The van der Waals surface area contributed by atoms with Gasteiger partial charge in [-0.05, 0) is 6.07 Å². The molecule has 64 valence electrons. The molecule has 1 heterocycles. The average Bonchev–Trinajstić information content (AvgIpc) is 2.55. The molecule has 0 fully saturated rings. The van der Waals surface area contributed by atoms with E-state index in [0.29, 0.717) is 0 Å². The Morgan fingerprint density at radius 1 is 1.31 bits per heavy atom. The minimum atomic E-state index is 0.816. The summed E-state index contributed by atoms with van der Waals surface area (Å²) >= 11 is 0. The molecule has 0 bridgehead atoms. The first-order chi connectivity index (χ1) is 6.36.